The summed E-state index contributed by atoms with van der Waals surface area (Å²) in [5, 5.41) is 2.98. The number of ether oxygens (including phenoxy) is 1. The van der Waals surface area contributed by atoms with Crippen LogP contribution in [0.15, 0.2) is 18.2 Å². The minimum Gasteiger partial charge on any atom is -0.494 e. The third-order valence-corrected chi connectivity index (χ3v) is 4.78. The molecule has 1 saturated carbocycles. The first-order valence-electron chi connectivity index (χ1n) is 7.02. The zero-order chi connectivity index (χ0) is 16.0. The lowest BCUT2D eigenvalue weighted by atomic mass is 9.48. The van der Waals surface area contributed by atoms with Crippen molar-refractivity contribution < 1.29 is 13.9 Å². The van der Waals surface area contributed by atoms with E-state index in [-0.39, 0.29) is 40.1 Å². The van der Waals surface area contributed by atoms with Crippen molar-refractivity contribution in [1.29, 1.82) is 0 Å². The van der Waals surface area contributed by atoms with Crippen molar-refractivity contribution in [1.82, 2.24) is 5.32 Å². The number of nitrogens with two attached hydrogens (primary N) is 1. The molecule has 0 heterocycles. The fourth-order valence-electron chi connectivity index (χ4n) is 3.57. The number of amides is 1. The van der Waals surface area contributed by atoms with E-state index in [9.17, 15) is 9.18 Å². The topological polar surface area (TPSA) is 64.3 Å². The SMILES string of the molecule is COc1ccc(C(=O)NC2C(C)(C)C(N)C2(C)C)cc1F. The zero-order valence-corrected chi connectivity index (χ0v) is 13.2. The van der Waals surface area contributed by atoms with Crippen LogP contribution in [-0.4, -0.2) is 25.1 Å². The third-order valence-electron chi connectivity index (χ3n) is 4.78. The average Bonchev–Trinajstić information content (AvgIpc) is 2.43. The number of methoxy groups -OCH3 is 1. The number of nitrogens with one attached hydrogen (secondary N) is 1. The molecule has 1 aromatic carbocycles. The van der Waals surface area contributed by atoms with Crippen molar-refractivity contribution in [2.24, 2.45) is 16.6 Å². The molecule has 0 radical (unpaired) electrons. The highest BCUT2D eigenvalue weighted by Gasteiger charge is 2.60. The number of benzene rings is 1. The van der Waals surface area contributed by atoms with Crippen LogP contribution < -0.4 is 15.8 Å². The van der Waals surface area contributed by atoms with E-state index in [0.29, 0.717) is 0 Å². The molecule has 1 fully saturated rings. The summed E-state index contributed by atoms with van der Waals surface area (Å²) in [6, 6.07) is 4.14. The number of carbonyl (C=O) groups excluding carboxylic acids is 1. The summed E-state index contributed by atoms with van der Waals surface area (Å²) in [5.74, 6) is -0.721. The van der Waals surface area contributed by atoms with Gasteiger partial charge in [-0.05, 0) is 18.2 Å². The molecule has 2 rings (SSSR count). The predicted molar refractivity (Wildman–Crippen MR) is 79.7 cm³/mol. The van der Waals surface area contributed by atoms with Gasteiger partial charge in [-0.25, -0.2) is 4.39 Å². The Hall–Kier alpha value is -1.62. The standard InChI is InChI=1S/C16H23FN2O2/c1-15(2)13(18)16(3,4)14(15)19-12(20)9-6-7-11(21-5)10(17)8-9/h6-8,13-14H,18H2,1-5H3,(H,19,20). The number of halogens is 1. The number of hydrogen-bond donors (Lipinski definition) is 2. The van der Waals surface area contributed by atoms with Gasteiger partial charge in [-0.15, -0.1) is 0 Å². The molecule has 0 aromatic heterocycles. The van der Waals surface area contributed by atoms with Gasteiger partial charge in [-0.2, -0.15) is 0 Å². The third kappa shape index (κ3) is 2.39. The van der Waals surface area contributed by atoms with E-state index in [1.54, 1.807) is 6.07 Å². The normalized spacial score (nSPS) is 25.9. The molecule has 4 nitrogen and oxygen atoms in total. The maximum absolute atomic E-state index is 13.7. The second-order valence-corrected chi connectivity index (χ2v) is 6.88. The summed E-state index contributed by atoms with van der Waals surface area (Å²) in [4.78, 5) is 12.3. The molecule has 1 amide bonds. The van der Waals surface area contributed by atoms with Gasteiger partial charge in [0, 0.05) is 28.5 Å². The summed E-state index contributed by atoms with van der Waals surface area (Å²) in [6.07, 6.45) is 0. The molecule has 116 valence electrons. The van der Waals surface area contributed by atoms with E-state index >= 15 is 0 Å². The van der Waals surface area contributed by atoms with Crippen LogP contribution in [0.1, 0.15) is 38.1 Å². The minimum absolute atomic E-state index is 0.00269. The molecule has 1 aromatic rings. The van der Waals surface area contributed by atoms with Crippen LogP contribution in [-0.2, 0) is 0 Å². The van der Waals surface area contributed by atoms with Crippen molar-refractivity contribution in [3.05, 3.63) is 29.6 Å². The van der Waals surface area contributed by atoms with E-state index in [4.69, 9.17) is 10.5 Å². The van der Waals surface area contributed by atoms with Crippen LogP contribution in [0, 0.1) is 16.6 Å². The van der Waals surface area contributed by atoms with Crippen LogP contribution in [0.5, 0.6) is 5.75 Å². The van der Waals surface area contributed by atoms with Crippen molar-refractivity contribution in [2.45, 2.75) is 39.8 Å². The lowest BCUT2D eigenvalue weighted by Gasteiger charge is -2.62. The highest BCUT2D eigenvalue weighted by molar-refractivity contribution is 5.94. The van der Waals surface area contributed by atoms with Crippen molar-refractivity contribution in [3.8, 4) is 5.75 Å². The number of hydrogen-bond acceptors (Lipinski definition) is 3. The molecule has 3 N–H and O–H groups in total. The van der Waals surface area contributed by atoms with E-state index in [2.05, 4.69) is 5.32 Å². The average molecular weight is 294 g/mol. The lowest BCUT2D eigenvalue weighted by molar-refractivity contribution is -0.0663. The van der Waals surface area contributed by atoms with Crippen LogP contribution >= 0.6 is 0 Å². The van der Waals surface area contributed by atoms with Gasteiger partial charge in [-0.3, -0.25) is 4.79 Å². The van der Waals surface area contributed by atoms with E-state index in [1.165, 1.54) is 19.2 Å². The molecule has 0 unspecified atom stereocenters. The van der Waals surface area contributed by atoms with E-state index < -0.39 is 5.82 Å². The Morgan fingerprint density at radius 3 is 2.33 bits per heavy atom. The smallest absolute Gasteiger partial charge is 0.251 e. The van der Waals surface area contributed by atoms with E-state index in [1.807, 2.05) is 27.7 Å². The molecule has 0 atom stereocenters. The molecule has 21 heavy (non-hydrogen) atoms. The second-order valence-electron chi connectivity index (χ2n) is 6.88. The molecular weight excluding hydrogens is 271 g/mol. The molecule has 0 bridgehead atoms. The Bertz CT molecular complexity index is 553. The van der Waals surface area contributed by atoms with Gasteiger partial charge < -0.3 is 15.8 Å². The molecule has 0 aliphatic heterocycles. The second kappa shape index (κ2) is 4.98. The first kappa shape index (κ1) is 15.8. The number of rotatable bonds is 3. The van der Waals surface area contributed by atoms with E-state index in [0.717, 1.165) is 0 Å². The molecule has 0 spiro atoms. The summed E-state index contributed by atoms with van der Waals surface area (Å²) in [6.45, 7) is 8.12. The highest BCUT2D eigenvalue weighted by atomic mass is 19.1. The van der Waals surface area contributed by atoms with Gasteiger partial charge in [0.15, 0.2) is 11.6 Å². The Labute approximate surface area is 124 Å². The van der Waals surface area contributed by atoms with Gasteiger partial charge in [0.2, 0.25) is 0 Å². The van der Waals surface area contributed by atoms with Crippen molar-refractivity contribution >= 4 is 5.91 Å². The summed E-state index contributed by atoms with van der Waals surface area (Å²) in [7, 11) is 1.39. The van der Waals surface area contributed by atoms with Crippen LogP contribution in [0.25, 0.3) is 0 Å². The predicted octanol–water partition coefficient (Wildman–Crippen LogP) is 2.33. The highest BCUT2D eigenvalue weighted by Crippen LogP contribution is 2.52. The first-order valence-corrected chi connectivity index (χ1v) is 7.02. The van der Waals surface area contributed by atoms with Crippen molar-refractivity contribution in [3.63, 3.8) is 0 Å². The summed E-state index contributed by atoms with van der Waals surface area (Å²) < 4.78 is 18.5. The van der Waals surface area contributed by atoms with Crippen LogP contribution in [0.3, 0.4) is 0 Å². The van der Waals surface area contributed by atoms with Crippen molar-refractivity contribution in [2.75, 3.05) is 7.11 Å². The van der Waals surface area contributed by atoms with Gasteiger partial charge in [-0.1, -0.05) is 27.7 Å². The quantitative estimate of drug-likeness (QED) is 0.899. The Balaban J connectivity index is 2.17. The largest absolute Gasteiger partial charge is 0.494 e. The van der Waals surface area contributed by atoms with Gasteiger partial charge in [0.1, 0.15) is 0 Å². The maximum Gasteiger partial charge on any atom is 0.251 e. The first-order chi connectivity index (χ1) is 9.62. The maximum atomic E-state index is 13.7. The fraction of sp³-hybridized carbons (Fsp3) is 0.562. The molecular formula is C16H23FN2O2. The molecule has 1 aliphatic rings. The Kier molecular flexibility index (Phi) is 3.74. The fourth-order valence-corrected chi connectivity index (χ4v) is 3.57. The molecule has 0 saturated heterocycles. The minimum atomic E-state index is -0.547. The van der Waals surface area contributed by atoms with Crippen LogP contribution in [0.4, 0.5) is 4.39 Å². The van der Waals surface area contributed by atoms with Gasteiger partial charge >= 0.3 is 0 Å². The monoisotopic (exact) mass is 294 g/mol. The van der Waals surface area contributed by atoms with Gasteiger partial charge in [0.05, 0.1) is 7.11 Å². The Morgan fingerprint density at radius 1 is 1.29 bits per heavy atom. The van der Waals surface area contributed by atoms with Crippen LogP contribution in [0.2, 0.25) is 0 Å². The number of carbonyl (C=O) groups is 1. The van der Waals surface area contributed by atoms with Gasteiger partial charge in [0.25, 0.3) is 5.91 Å². The summed E-state index contributed by atoms with van der Waals surface area (Å²) >= 11 is 0. The summed E-state index contributed by atoms with van der Waals surface area (Å²) in [5.41, 5.74) is 6.07. The molecule has 5 heteroatoms. The lowest BCUT2D eigenvalue weighted by Crippen LogP contribution is -2.76. The zero-order valence-electron chi connectivity index (χ0n) is 13.2. The Morgan fingerprint density at radius 2 is 1.86 bits per heavy atom. The molecule has 1 aliphatic carbocycles.